The van der Waals surface area contributed by atoms with Crippen LogP contribution >= 0.6 is 0 Å². The molecule has 0 aromatic carbocycles. The fourth-order valence-electron chi connectivity index (χ4n) is 3.15. The molecule has 136 valence electrons. The molecule has 2 N–H and O–H groups in total. The SMILES string of the molecule is CCN(CCCNCC1(CO)CCCCC1)C(=O)OC(C)(C)C. The van der Waals surface area contributed by atoms with Gasteiger partial charge in [0, 0.05) is 31.7 Å². The molecule has 1 fully saturated rings. The molecule has 1 amide bonds. The van der Waals surface area contributed by atoms with Crippen molar-refractivity contribution in [3.63, 3.8) is 0 Å². The molecule has 1 rings (SSSR count). The standard InChI is InChI=1S/C18H36N2O3/c1-5-20(16(22)23-17(2,3)4)13-9-12-19-14-18(15-21)10-7-6-8-11-18/h19,21H,5-15H2,1-4H3. The van der Waals surface area contributed by atoms with E-state index in [4.69, 9.17) is 4.74 Å². The van der Waals surface area contributed by atoms with Gasteiger partial charge in [-0.3, -0.25) is 0 Å². The van der Waals surface area contributed by atoms with E-state index in [0.29, 0.717) is 13.1 Å². The normalized spacial score (nSPS) is 17.8. The van der Waals surface area contributed by atoms with E-state index in [0.717, 1.165) is 32.4 Å². The second kappa shape index (κ2) is 9.48. The number of rotatable bonds is 8. The van der Waals surface area contributed by atoms with Gasteiger partial charge in [-0.2, -0.15) is 0 Å². The molecule has 1 saturated carbocycles. The number of carbonyl (C=O) groups is 1. The van der Waals surface area contributed by atoms with E-state index in [9.17, 15) is 9.90 Å². The lowest BCUT2D eigenvalue weighted by molar-refractivity contribution is 0.0257. The van der Waals surface area contributed by atoms with Crippen molar-refractivity contribution in [3.8, 4) is 0 Å². The molecule has 5 nitrogen and oxygen atoms in total. The van der Waals surface area contributed by atoms with Crippen LogP contribution in [-0.4, -0.2) is 54.5 Å². The summed E-state index contributed by atoms with van der Waals surface area (Å²) in [6.07, 6.45) is 6.65. The van der Waals surface area contributed by atoms with Crippen molar-refractivity contribution in [1.82, 2.24) is 10.2 Å². The topological polar surface area (TPSA) is 61.8 Å². The van der Waals surface area contributed by atoms with E-state index in [-0.39, 0.29) is 18.1 Å². The maximum atomic E-state index is 12.0. The number of nitrogens with zero attached hydrogens (tertiary/aromatic N) is 1. The highest BCUT2D eigenvalue weighted by Crippen LogP contribution is 2.35. The maximum absolute atomic E-state index is 12.0. The van der Waals surface area contributed by atoms with Gasteiger partial charge < -0.3 is 20.1 Å². The van der Waals surface area contributed by atoms with Crippen LogP contribution in [-0.2, 0) is 4.74 Å². The highest BCUT2D eigenvalue weighted by Gasteiger charge is 2.30. The molecule has 0 unspecified atom stereocenters. The number of nitrogens with one attached hydrogen (secondary N) is 1. The third-order valence-electron chi connectivity index (χ3n) is 4.56. The Balaban J connectivity index is 2.25. The Bertz CT molecular complexity index is 347. The largest absolute Gasteiger partial charge is 0.444 e. The van der Waals surface area contributed by atoms with Gasteiger partial charge in [0.2, 0.25) is 0 Å². The van der Waals surface area contributed by atoms with Crippen LogP contribution in [0, 0.1) is 5.41 Å². The third-order valence-corrected chi connectivity index (χ3v) is 4.56. The van der Waals surface area contributed by atoms with Gasteiger partial charge in [-0.15, -0.1) is 0 Å². The molecular weight excluding hydrogens is 292 g/mol. The van der Waals surface area contributed by atoms with E-state index in [1.54, 1.807) is 4.90 Å². The van der Waals surface area contributed by atoms with Crippen LogP contribution in [0.5, 0.6) is 0 Å². The van der Waals surface area contributed by atoms with Gasteiger partial charge in [0.05, 0.1) is 0 Å². The zero-order valence-electron chi connectivity index (χ0n) is 15.5. The van der Waals surface area contributed by atoms with Gasteiger partial charge in [0.25, 0.3) is 0 Å². The fraction of sp³-hybridized carbons (Fsp3) is 0.944. The van der Waals surface area contributed by atoms with Crippen molar-refractivity contribution in [2.45, 2.75) is 71.8 Å². The molecule has 1 aliphatic rings. The molecule has 1 aliphatic carbocycles. The predicted octanol–water partition coefficient (Wildman–Crippen LogP) is 3.17. The minimum absolute atomic E-state index is 0.0772. The minimum atomic E-state index is -0.447. The summed E-state index contributed by atoms with van der Waals surface area (Å²) >= 11 is 0. The molecule has 23 heavy (non-hydrogen) atoms. The lowest BCUT2D eigenvalue weighted by atomic mass is 9.74. The fourth-order valence-corrected chi connectivity index (χ4v) is 3.15. The highest BCUT2D eigenvalue weighted by molar-refractivity contribution is 5.68. The summed E-state index contributed by atoms with van der Waals surface area (Å²) in [7, 11) is 0. The zero-order chi connectivity index (χ0) is 17.3. The molecule has 0 spiro atoms. The average Bonchev–Trinajstić information content (AvgIpc) is 2.50. The smallest absolute Gasteiger partial charge is 0.410 e. The van der Waals surface area contributed by atoms with Crippen LogP contribution in [0.3, 0.4) is 0 Å². The van der Waals surface area contributed by atoms with Crippen molar-refractivity contribution >= 4 is 6.09 Å². The Hall–Kier alpha value is -0.810. The molecule has 0 bridgehead atoms. The lowest BCUT2D eigenvalue weighted by Gasteiger charge is -2.36. The van der Waals surface area contributed by atoms with E-state index in [2.05, 4.69) is 5.32 Å². The first-order valence-electron chi connectivity index (χ1n) is 9.11. The van der Waals surface area contributed by atoms with E-state index < -0.39 is 5.60 Å². The van der Waals surface area contributed by atoms with Gasteiger partial charge >= 0.3 is 6.09 Å². The van der Waals surface area contributed by atoms with Crippen molar-refractivity contribution in [2.24, 2.45) is 5.41 Å². The summed E-state index contributed by atoms with van der Waals surface area (Å²) in [5.41, 5.74) is -0.370. The summed E-state index contributed by atoms with van der Waals surface area (Å²) < 4.78 is 5.41. The number of hydrogen-bond acceptors (Lipinski definition) is 4. The van der Waals surface area contributed by atoms with Gasteiger partial charge in [-0.05, 0) is 53.5 Å². The summed E-state index contributed by atoms with van der Waals surface area (Å²) in [4.78, 5) is 13.8. The highest BCUT2D eigenvalue weighted by atomic mass is 16.6. The monoisotopic (exact) mass is 328 g/mol. The number of aliphatic hydroxyl groups excluding tert-OH is 1. The number of ether oxygens (including phenoxy) is 1. The van der Waals surface area contributed by atoms with Gasteiger partial charge in [-0.25, -0.2) is 4.79 Å². The molecule has 0 atom stereocenters. The van der Waals surface area contributed by atoms with Crippen LogP contribution in [0.4, 0.5) is 4.79 Å². The van der Waals surface area contributed by atoms with Crippen molar-refractivity contribution in [3.05, 3.63) is 0 Å². The summed E-state index contributed by atoms with van der Waals surface area (Å²) in [6.45, 7) is 11.0. The van der Waals surface area contributed by atoms with Crippen molar-refractivity contribution in [1.29, 1.82) is 0 Å². The lowest BCUT2D eigenvalue weighted by Crippen LogP contribution is -2.41. The zero-order valence-corrected chi connectivity index (χ0v) is 15.5. The molecule has 5 heteroatoms. The number of aliphatic hydroxyl groups is 1. The molecular formula is C18H36N2O3. The molecule has 0 radical (unpaired) electrons. The van der Waals surface area contributed by atoms with Crippen LogP contribution in [0.1, 0.15) is 66.2 Å². The predicted molar refractivity (Wildman–Crippen MR) is 93.6 cm³/mol. The Kier molecular flexibility index (Phi) is 8.34. The number of hydrogen-bond donors (Lipinski definition) is 2. The Morgan fingerprint density at radius 3 is 2.43 bits per heavy atom. The third kappa shape index (κ3) is 7.53. The van der Waals surface area contributed by atoms with E-state index >= 15 is 0 Å². The first-order valence-corrected chi connectivity index (χ1v) is 9.11. The molecule has 0 aromatic rings. The van der Waals surface area contributed by atoms with Gasteiger partial charge in [0.1, 0.15) is 5.60 Å². The number of amides is 1. The van der Waals surface area contributed by atoms with Crippen molar-refractivity contribution < 1.29 is 14.6 Å². The van der Waals surface area contributed by atoms with Gasteiger partial charge in [-0.1, -0.05) is 19.3 Å². The Morgan fingerprint density at radius 2 is 1.91 bits per heavy atom. The van der Waals surface area contributed by atoms with Crippen LogP contribution in [0.2, 0.25) is 0 Å². The first-order chi connectivity index (χ1) is 10.8. The quantitative estimate of drug-likeness (QED) is 0.672. The average molecular weight is 328 g/mol. The van der Waals surface area contributed by atoms with Gasteiger partial charge in [0.15, 0.2) is 0 Å². The van der Waals surface area contributed by atoms with Crippen LogP contribution in [0.25, 0.3) is 0 Å². The molecule has 0 heterocycles. The summed E-state index contributed by atoms with van der Waals surface area (Å²) in [6, 6.07) is 0. The molecule has 0 aliphatic heterocycles. The van der Waals surface area contributed by atoms with E-state index in [1.165, 1.54) is 19.3 Å². The van der Waals surface area contributed by atoms with E-state index in [1.807, 2.05) is 27.7 Å². The maximum Gasteiger partial charge on any atom is 0.410 e. The molecule has 0 saturated heterocycles. The Morgan fingerprint density at radius 1 is 1.26 bits per heavy atom. The second-order valence-corrected chi connectivity index (χ2v) is 7.81. The number of carbonyl (C=O) groups excluding carboxylic acids is 1. The first kappa shape index (κ1) is 20.2. The van der Waals surface area contributed by atoms with Crippen LogP contribution in [0.15, 0.2) is 0 Å². The minimum Gasteiger partial charge on any atom is -0.444 e. The molecule has 0 aromatic heterocycles. The van der Waals surface area contributed by atoms with Crippen molar-refractivity contribution in [2.75, 3.05) is 32.8 Å². The Labute approximate surface area is 141 Å². The summed E-state index contributed by atoms with van der Waals surface area (Å²) in [5, 5.41) is 13.2. The summed E-state index contributed by atoms with van der Waals surface area (Å²) in [5.74, 6) is 0. The van der Waals surface area contributed by atoms with Crippen LogP contribution < -0.4 is 5.32 Å². The second-order valence-electron chi connectivity index (χ2n) is 7.81.